The summed E-state index contributed by atoms with van der Waals surface area (Å²) in [6.45, 7) is 8.17. The van der Waals surface area contributed by atoms with Crippen molar-refractivity contribution >= 4 is 28.1 Å². The second-order valence-electron chi connectivity index (χ2n) is 7.95. The lowest BCUT2D eigenvalue weighted by Gasteiger charge is -2.40. The molecular weight excluding hydrogens is 386 g/mol. The molecule has 3 aromatic rings. The first kappa shape index (κ1) is 21.2. The SMILES string of the molecule is CCN(C(=O)[C@@H](C)N1CCN(c2ccccc2OC)CC1)c1cccc2ccccc12. The molecule has 1 heterocycles. The van der Waals surface area contributed by atoms with Crippen molar-refractivity contribution in [2.75, 3.05) is 49.6 Å². The zero-order chi connectivity index (χ0) is 21.8. The van der Waals surface area contributed by atoms with Crippen molar-refractivity contribution in [3.63, 3.8) is 0 Å². The molecular formula is C26H31N3O2. The third-order valence-corrected chi connectivity index (χ3v) is 6.28. The fourth-order valence-electron chi connectivity index (χ4n) is 4.51. The van der Waals surface area contributed by atoms with E-state index in [1.165, 1.54) is 0 Å². The van der Waals surface area contributed by atoms with Gasteiger partial charge in [0.05, 0.1) is 24.5 Å². The molecule has 0 unspecified atom stereocenters. The maximum absolute atomic E-state index is 13.5. The molecule has 3 aromatic carbocycles. The molecule has 0 spiro atoms. The minimum atomic E-state index is -0.168. The summed E-state index contributed by atoms with van der Waals surface area (Å²) in [6, 6.07) is 22.4. The topological polar surface area (TPSA) is 36.0 Å². The number of anilines is 2. The minimum absolute atomic E-state index is 0.157. The lowest BCUT2D eigenvalue weighted by molar-refractivity contribution is -0.123. The number of ether oxygens (including phenoxy) is 1. The largest absolute Gasteiger partial charge is 0.495 e. The summed E-state index contributed by atoms with van der Waals surface area (Å²) >= 11 is 0. The van der Waals surface area contributed by atoms with E-state index in [1.54, 1.807) is 7.11 Å². The van der Waals surface area contributed by atoms with E-state index in [0.717, 1.165) is 54.1 Å². The quantitative estimate of drug-likeness (QED) is 0.595. The number of hydrogen-bond donors (Lipinski definition) is 0. The summed E-state index contributed by atoms with van der Waals surface area (Å²) in [5.41, 5.74) is 2.11. The Bertz CT molecular complexity index is 1040. The highest BCUT2D eigenvalue weighted by Gasteiger charge is 2.30. The van der Waals surface area contributed by atoms with Crippen molar-refractivity contribution < 1.29 is 9.53 Å². The predicted octanol–water partition coefficient (Wildman–Crippen LogP) is 4.41. The Morgan fingerprint density at radius 3 is 2.39 bits per heavy atom. The lowest BCUT2D eigenvalue weighted by atomic mass is 10.1. The molecule has 0 N–H and O–H groups in total. The average Bonchev–Trinajstić information content (AvgIpc) is 2.84. The van der Waals surface area contributed by atoms with Crippen LogP contribution in [-0.4, -0.2) is 56.7 Å². The molecule has 5 heteroatoms. The molecule has 0 radical (unpaired) electrons. The molecule has 1 saturated heterocycles. The van der Waals surface area contributed by atoms with Crippen LogP contribution in [0.4, 0.5) is 11.4 Å². The summed E-state index contributed by atoms with van der Waals surface area (Å²) in [4.78, 5) is 20.1. The number of benzene rings is 3. The molecule has 0 aromatic heterocycles. The minimum Gasteiger partial charge on any atom is -0.495 e. The summed E-state index contributed by atoms with van der Waals surface area (Å²) in [5.74, 6) is 1.05. The van der Waals surface area contributed by atoms with Gasteiger partial charge < -0.3 is 14.5 Å². The van der Waals surface area contributed by atoms with Crippen LogP contribution in [0.1, 0.15) is 13.8 Å². The smallest absolute Gasteiger partial charge is 0.244 e. The van der Waals surface area contributed by atoms with Crippen LogP contribution in [0.15, 0.2) is 66.7 Å². The molecule has 0 aliphatic carbocycles. The number of rotatable bonds is 6. The fourth-order valence-corrected chi connectivity index (χ4v) is 4.51. The van der Waals surface area contributed by atoms with Gasteiger partial charge in [-0.15, -0.1) is 0 Å². The molecule has 1 aliphatic rings. The summed E-state index contributed by atoms with van der Waals surface area (Å²) in [7, 11) is 1.71. The molecule has 31 heavy (non-hydrogen) atoms. The summed E-state index contributed by atoms with van der Waals surface area (Å²) < 4.78 is 5.53. The first-order valence-corrected chi connectivity index (χ1v) is 11.0. The molecule has 0 bridgehead atoms. The highest BCUT2D eigenvalue weighted by atomic mass is 16.5. The van der Waals surface area contributed by atoms with Crippen molar-refractivity contribution in [3.05, 3.63) is 66.7 Å². The van der Waals surface area contributed by atoms with E-state index < -0.39 is 0 Å². The van der Waals surface area contributed by atoms with Crippen LogP contribution in [0.5, 0.6) is 5.75 Å². The maximum atomic E-state index is 13.5. The van der Waals surface area contributed by atoms with Crippen molar-refractivity contribution in [1.29, 1.82) is 0 Å². The van der Waals surface area contributed by atoms with E-state index in [4.69, 9.17) is 4.74 Å². The van der Waals surface area contributed by atoms with Gasteiger partial charge in [0.2, 0.25) is 5.91 Å². The Morgan fingerprint density at radius 2 is 1.65 bits per heavy atom. The van der Waals surface area contributed by atoms with Crippen molar-refractivity contribution in [1.82, 2.24) is 4.90 Å². The average molecular weight is 418 g/mol. The van der Waals surface area contributed by atoms with E-state index in [1.807, 2.05) is 55.1 Å². The van der Waals surface area contributed by atoms with Gasteiger partial charge in [0.1, 0.15) is 5.75 Å². The predicted molar refractivity (Wildman–Crippen MR) is 128 cm³/mol. The maximum Gasteiger partial charge on any atom is 0.244 e. The molecule has 0 saturated carbocycles. The highest BCUT2D eigenvalue weighted by molar-refractivity contribution is 6.05. The molecule has 4 rings (SSSR count). The van der Waals surface area contributed by atoms with Gasteiger partial charge in [0.15, 0.2) is 0 Å². The third kappa shape index (κ3) is 4.23. The second kappa shape index (κ2) is 9.40. The number of methoxy groups -OCH3 is 1. The molecule has 1 amide bonds. The fraction of sp³-hybridized carbons (Fsp3) is 0.346. The van der Waals surface area contributed by atoms with Crippen LogP contribution in [0.3, 0.4) is 0 Å². The normalized spacial score (nSPS) is 15.6. The van der Waals surface area contributed by atoms with Gasteiger partial charge in [-0.05, 0) is 37.4 Å². The van der Waals surface area contributed by atoms with Gasteiger partial charge >= 0.3 is 0 Å². The van der Waals surface area contributed by atoms with Crippen molar-refractivity contribution in [2.45, 2.75) is 19.9 Å². The van der Waals surface area contributed by atoms with Gasteiger partial charge in [-0.3, -0.25) is 9.69 Å². The first-order chi connectivity index (χ1) is 15.1. The van der Waals surface area contributed by atoms with Gasteiger partial charge in [-0.25, -0.2) is 0 Å². The van der Waals surface area contributed by atoms with Gasteiger partial charge in [-0.1, -0.05) is 48.5 Å². The van der Waals surface area contributed by atoms with E-state index in [0.29, 0.717) is 6.54 Å². The van der Waals surface area contributed by atoms with E-state index in [-0.39, 0.29) is 11.9 Å². The Labute approximate surface area is 184 Å². The second-order valence-corrected chi connectivity index (χ2v) is 7.95. The van der Waals surface area contributed by atoms with Crippen LogP contribution < -0.4 is 14.5 Å². The van der Waals surface area contributed by atoms with E-state index in [2.05, 4.69) is 40.1 Å². The van der Waals surface area contributed by atoms with Crippen LogP contribution in [0, 0.1) is 0 Å². The van der Waals surface area contributed by atoms with Crippen LogP contribution in [-0.2, 0) is 4.79 Å². The monoisotopic (exact) mass is 417 g/mol. The molecule has 1 fully saturated rings. The Kier molecular flexibility index (Phi) is 6.42. The van der Waals surface area contributed by atoms with Gasteiger partial charge in [0, 0.05) is 38.1 Å². The molecule has 5 nitrogen and oxygen atoms in total. The molecule has 1 aliphatic heterocycles. The Morgan fingerprint density at radius 1 is 0.968 bits per heavy atom. The number of carbonyl (C=O) groups excluding carboxylic acids is 1. The number of para-hydroxylation sites is 2. The third-order valence-electron chi connectivity index (χ3n) is 6.28. The number of nitrogens with zero attached hydrogens (tertiary/aromatic N) is 3. The van der Waals surface area contributed by atoms with Gasteiger partial charge in [-0.2, -0.15) is 0 Å². The standard InChI is InChI=1S/C26H31N3O2/c1-4-29(23-14-9-11-21-10-5-6-12-22(21)23)26(30)20(2)27-16-18-28(19-17-27)24-13-7-8-15-25(24)31-3/h5-15,20H,4,16-19H2,1-3H3/t20-/m1/s1. The zero-order valence-electron chi connectivity index (χ0n) is 18.6. The summed E-state index contributed by atoms with van der Waals surface area (Å²) in [5, 5.41) is 2.28. The number of hydrogen-bond acceptors (Lipinski definition) is 4. The lowest BCUT2D eigenvalue weighted by Crippen LogP contribution is -2.54. The van der Waals surface area contributed by atoms with E-state index >= 15 is 0 Å². The van der Waals surface area contributed by atoms with Crippen molar-refractivity contribution in [3.8, 4) is 5.75 Å². The molecule has 1 atom stereocenters. The zero-order valence-corrected chi connectivity index (χ0v) is 18.6. The molecule has 162 valence electrons. The number of amides is 1. The van der Waals surface area contributed by atoms with E-state index in [9.17, 15) is 4.79 Å². The van der Waals surface area contributed by atoms with Gasteiger partial charge in [0.25, 0.3) is 0 Å². The number of piperazine rings is 1. The Balaban J connectivity index is 1.48. The van der Waals surface area contributed by atoms with Crippen LogP contribution in [0.2, 0.25) is 0 Å². The Hall–Kier alpha value is -3.05. The van der Waals surface area contributed by atoms with Crippen LogP contribution >= 0.6 is 0 Å². The number of likely N-dealkylation sites (N-methyl/N-ethyl adjacent to an activating group) is 1. The van der Waals surface area contributed by atoms with Crippen molar-refractivity contribution in [2.24, 2.45) is 0 Å². The number of fused-ring (bicyclic) bond motifs is 1. The highest BCUT2D eigenvalue weighted by Crippen LogP contribution is 2.30. The first-order valence-electron chi connectivity index (χ1n) is 11.0. The summed E-state index contributed by atoms with van der Waals surface area (Å²) in [6.07, 6.45) is 0. The van der Waals surface area contributed by atoms with Crippen LogP contribution in [0.25, 0.3) is 10.8 Å². The number of carbonyl (C=O) groups is 1.